The summed E-state index contributed by atoms with van der Waals surface area (Å²) in [7, 11) is -3.44. The van der Waals surface area contributed by atoms with E-state index in [4.69, 9.17) is 4.74 Å². The zero-order valence-corrected chi connectivity index (χ0v) is 13.4. The second-order valence-electron chi connectivity index (χ2n) is 5.29. The van der Waals surface area contributed by atoms with Gasteiger partial charge in [-0.25, -0.2) is 13.1 Å². The molecule has 0 heterocycles. The van der Waals surface area contributed by atoms with Crippen molar-refractivity contribution in [3.05, 3.63) is 29.8 Å². The fourth-order valence-electron chi connectivity index (χ4n) is 2.41. The van der Waals surface area contributed by atoms with Gasteiger partial charge in [-0.2, -0.15) is 0 Å². The standard InChI is InChI=1S/C15H24N2O3S/c1-3-16-11-12-6-5-7-15(8-12)21(18,19)17-13-9-14(10-13)20-4-2/h5-8,13-14,16-17H,3-4,9-11H2,1-2H3. The van der Waals surface area contributed by atoms with Gasteiger partial charge in [0.15, 0.2) is 0 Å². The molecule has 1 aromatic carbocycles. The molecular weight excluding hydrogens is 288 g/mol. The number of hydrogen-bond acceptors (Lipinski definition) is 4. The first-order valence-electron chi connectivity index (χ1n) is 7.48. The molecule has 118 valence electrons. The van der Waals surface area contributed by atoms with Crippen LogP contribution in [0.2, 0.25) is 0 Å². The Bertz CT molecular complexity index is 554. The highest BCUT2D eigenvalue weighted by atomic mass is 32.2. The average Bonchev–Trinajstić information content (AvgIpc) is 2.43. The van der Waals surface area contributed by atoms with Gasteiger partial charge in [0.25, 0.3) is 0 Å². The third-order valence-electron chi connectivity index (χ3n) is 3.61. The van der Waals surface area contributed by atoms with Crippen LogP contribution in [-0.2, 0) is 21.3 Å². The summed E-state index contributed by atoms with van der Waals surface area (Å²) in [5.74, 6) is 0. The Morgan fingerprint density at radius 2 is 2.05 bits per heavy atom. The van der Waals surface area contributed by atoms with Crippen molar-refractivity contribution in [2.24, 2.45) is 0 Å². The second-order valence-corrected chi connectivity index (χ2v) is 7.01. The predicted octanol–water partition coefficient (Wildman–Crippen LogP) is 1.64. The smallest absolute Gasteiger partial charge is 0.240 e. The topological polar surface area (TPSA) is 67.4 Å². The minimum atomic E-state index is -3.44. The van der Waals surface area contributed by atoms with Gasteiger partial charge in [-0.05, 0) is 44.0 Å². The van der Waals surface area contributed by atoms with Gasteiger partial charge in [-0.15, -0.1) is 0 Å². The van der Waals surface area contributed by atoms with Crippen molar-refractivity contribution in [1.29, 1.82) is 0 Å². The number of ether oxygens (including phenoxy) is 1. The molecule has 2 rings (SSSR count). The molecule has 0 aromatic heterocycles. The number of hydrogen-bond donors (Lipinski definition) is 2. The minimum Gasteiger partial charge on any atom is -0.378 e. The van der Waals surface area contributed by atoms with E-state index in [1.54, 1.807) is 18.2 Å². The van der Waals surface area contributed by atoms with Gasteiger partial charge < -0.3 is 10.1 Å². The molecule has 0 unspecified atom stereocenters. The van der Waals surface area contributed by atoms with Gasteiger partial charge in [0.2, 0.25) is 10.0 Å². The van der Waals surface area contributed by atoms with Crippen molar-refractivity contribution in [1.82, 2.24) is 10.0 Å². The molecule has 0 amide bonds. The highest BCUT2D eigenvalue weighted by Crippen LogP contribution is 2.25. The molecule has 1 aliphatic carbocycles. The van der Waals surface area contributed by atoms with Crippen molar-refractivity contribution in [3.8, 4) is 0 Å². The van der Waals surface area contributed by atoms with Crippen LogP contribution < -0.4 is 10.0 Å². The first kappa shape index (κ1) is 16.4. The van der Waals surface area contributed by atoms with Gasteiger partial charge in [-0.3, -0.25) is 0 Å². The molecule has 0 saturated heterocycles. The van der Waals surface area contributed by atoms with Crippen LogP contribution in [0.4, 0.5) is 0 Å². The minimum absolute atomic E-state index is 0.0102. The Hall–Kier alpha value is -0.950. The van der Waals surface area contributed by atoms with Gasteiger partial charge in [-0.1, -0.05) is 19.1 Å². The van der Waals surface area contributed by atoms with Crippen LogP contribution in [0.1, 0.15) is 32.3 Å². The molecule has 5 nitrogen and oxygen atoms in total. The highest BCUT2D eigenvalue weighted by molar-refractivity contribution is 7.89. The lowest BCUT2D eigenvalue weighted by Gasteiger charge is -2.35. The van der Waals surface area contributed by atoms with Gasteiger partial charge >= 0.3 is 0 Å². The zero-order chi connectivity index (χ0) is 15.3. The Kier molecular flexibility index (Phi) is 5.75. The summed E-state index contributed by atoms with van der Waals surface area (Å²) in [5, 5.41) is 3.19. The number of rotatable bonds is 8. The van der Waals surface area contributed by atoms with Crippen molar-refractivity contribution in [2.75, 3.05) is 13.2 Å². The maximum absolute atomic E-state index is 12.4. The first-order valence-corrected chi connectivity index (χ1v) is 8.97. The normalized spacial score (nSPS) is 22.0. The molecule has 1 aromatic rings. The van der Waals surface area contributed by atoms with Gasteiger partial charge in [0, 0.05) is 19.2 Å². The molecule has 21 heavy (non-hydrogen) atoms. The van der Waals surface area contributed by atoms with Gasteiger partial charge in [0.1, 0.15) is 0 Å². The lowest BCUT2D eigenvalue weighted by molar-refractivity contribution is -0.00475. The molecule has 6 heteroatoms. The summed E-state index contributed by atoms with van der Waals surface area (Å²) in [6.07, 6.45) is 1.71. The molecule has 2 N–H and O–H groups in total. The Morgan fingerprint density at radius 1 is 1.29 bits per heavy atom. The Labute approximate surface area is 127 Å². The molecule has 0 radical (unpaired) electrons. The third-order valence-corrected chi connectivity index (χ3v) is 5.13. The summed E-state index contributed by atoms with van der Waals surface area (Å²) in [4.78, 5) is 0.331. The fourth-order valence-corrected chi connectivity index (χ4v) is 3.74. The summed E-state index contributed by atoms with van der Waals surface area (Å²) in [6, 6.07) is 7.06. The van der Waals surface area contributed by atoms with Crippen LogP contribution in [0.25, 0.3) is 0 Å². The van der Waals surface area contributed by atoms with Crippen molar-refractivity contribution < 1.29 is 13.2 Å². The van der Waals surface area contributed by atoms with Crippen LogP contribution in [-0.4, -0.2) is 33.7 Å². The number of sulfonamides is 1. The van der Waals surface area contributed by atoms with E-state index in [-0.39, 0.29) is 12.1 Å². The van der Waals surface area contributed by atoms with E-state index in [2.05, 4.69) is 10.0 Å². The van der Waals surface area contributed by atoms with Crippen LogP contribution in [0.3, 0.4) is 0 Å². The maximum Gasteiger partial charge on any atom is 0.240 e. The first-order chi connectivity index (χ1) is 10.0. The fraction of sp³-hybridized carbons (Fsp3) is 0.600. The van der Waals surface area contributed by atoms with E-state index in [1.165, 1.54) is 0 Å². The van der Waals surface area contributed by atoms with E-state index >= 15 is 0 Å². The highest BCUT2D eigenvalue weighted by Gasteiger charge is 2.33. The number of benzene rings is 1. The molecular formula is C15H24N2O3S. The predicted molar refractivity (Wildman–Crippen MR) is 82.6 cm³/mol. The second kappa shape index (κ2) is 7.35. The SMILES string of the molecule is CCNCc1cccc(S(=O)(=O)NC2CC(OCC)C2)c1. The van der Waals surface area contributed by atoms with Crippen molar-refractivity contribution in [3.63, 3.8) is 0 Å². The van der Waals surface area contributed by atoms with Gasteiger partial charge in [0.05, 0.1) is 11.0 Å². The number of nitrogens with one attached hydrogen (secondary N) is 2. The monoisotopic (exact) mass is 312 g/mol. The Morgan fingerprint density at radius 3 is 2.71 bits per heavy atom. The van der Waals surface area contributed by atoms with E-state index < -0.39 is 10.0 Å². The average molecular weight is 312 g/mol. The molecule has 1 fully saturated rings. The lowest BCUT2D eigenvalue weighted by atomic mass is 9.90. The van der Waals surface area contributed by atoms with E-state index in [0.717, 1.165) is 24.9 Å². The van der Waals surface area contributed by atoms with Crippen LogP contribution in [0.5, 0.6) is 0 Å². The van der Waals surface area contributed by atoms with Crippen LogP contribution >= 0.6 is 0 Å². The summed E-state index contributed by atoms with van der Waals surface area (Å²) < 4.78 is 32.9. The molecule has 0 aliphatic heterocycles. The summed E-state index contributed by atoms with van der Waals surface area (Å²) in [6.45, 7) is 6.18. The van der Waals surface area contributed by atoms with E-state index in [9.17, 15) is 8.42 Å². The molecule has 1 saturated carbocycles. The quantitative estimate of drug-likeness (QED) is 0.766. The molecule has 1 aliphatic rings. The summed E-state index contributed by atoms with van der Waals surface area (Å²) >= 11 is 0. The zero-order valence-electron chi connectivity index (χ0n) is 12.6. The molecule has 0 spiro atoms. The summed E-state index contributed by atoms with van der Waals surface area (Å²) in [5.41, 5.74) is 0.973. The van der Waals surface area contributed by atoms with Crippen molar-refractivity contribution in [2.45, 2.75) is 50.3 Å². The van der Waals surface area contributed by atoms with Crippen LogP contribution in [0.15, 0.2) is 29.2 Å². The third kappa shape index (κ3) is 4.51. The van der Waals surface area contributed by atoms with E-state index in [0.29, 0.717) is 18.0 Å². The van der Waals surface area contributed by atoms with Crippen LogP contribution in [0, 0.1) is 0 Å². The molecule has 0 atom stereocenters. The Balaban J connectivity index is 1.96. The van der Waals surface area contributed by atoms with Crippen molar-refractivity contribution >= 4 is 10.0 Å². The maximum atomic E-state index is 12.4. The molecule has 0 bridgehead atoms. The lowest BCUT2D eigenvalue weighted by Crippen LogP contribution is -2.47. The van der Waals surface area contributed by atoms with E-state index in [1.807, 2.05) is 19.9 Å². The largest absolute Gasteiger partial charge is 0.378 e.